The normalized spacial score (nSPS) is 9.59. The Morgan fingerprint density at radius 1 is 1.35 bits per heavy atom. The number of nitrogens with one attached hydrogen (secondary N) is 1. The number of benzene rings is 1. The van der Waals surface area contributed by atoms with Gasteiger partial charge in [-0.25, -0.2) is 9.97 Å². The molecule has 0 fully saturated rings. The zero-order valence-corrected chi connectivity index (χ0v) is 9.09. The van der Waals surface area contributed by atoms with Crippen LogP contribution < -0.4 is 11.1 Å². The fourth-order valence-corrected chi connectivity index (χ4v) is 1.38. The maximum atomic E-state index is 8.85. The molecule has 0 atom stereocenters. The van der Waals surface area contributed by atoms with E-state index in [0.29, 0.717) is 17.8 Å². The Kier molecular flexibility index (Phi) is 3.17. The lowest BCUT2D eigenvalue weighted by Crippen LogP contribution is -2.02. The van der Waals surface area contributed by atoms with Gasteiger partial charge in [0.1, 0.15) is 12.4 Å². The second-order valence-corrected chi connectivity index (χ2v) is 3.47. The molecule has 0 radical (unpaired) electrons. The van der Waals surface area contributed by atoms with Gasteiger partial charge >= 0.3 is 0 Å². The molecule has 5 heteroatoms. The predicted molar refractivity (Wildman–Crippen MR) is 64.9 cm³/mol. The number of hydrogen-bond acceptors (Lipinski definition) is 5. The minimum atomic E-state index is 0.470. The van der Waals surface area contributed by atoms with Crippen LogP contribution in [0.3, 0.4) is 0 Å². The molecular weight excluding hydrogens is 214 g/mol. The van der Waals surface area contributed by atoms with Crippen molar-refractivity contribution in [3.05, 3.63) is 48.0 Å². The summed E-state index contributed by atoms with van der Waals surface area (Å²) in [5.41, 5.74) is 8.32. The van der Waals surface area contributed by atoms with Gasteiger partial charge in [-0.3, -0.25) is 0 Å². The summed E-state index contributed by atoms with van der Waals surface area (Å²) in [6, 6.07) is 9.13. The Balaban J connectivity index is 2.08. The van der Waals surface area contributed by atoms with E-state index in [9.17, 15) is 0 Å². The van der Waals surface area contributed by atoms with E-state index in [1.807, 2.05) is 18.2 Å². The number of hydrogen-bond donors (Lipinski definition) is 2. The van der Waals surface area contributed by atoms with Crippen molar-refractivity contribution in [2.75, 3.05) is 11.1 Å². The van der Waals surface area contributed by atoms with E-state index >= 15 is 0 Å². The zero-order valence-electron chi connectivity index (χ0n) is 9.09. The smallest absolute Gasteiger partial charge is 0.115 e. The van der Waals surface area contributed by atoms with E-state index in [2.05, 4.69) is 15.3 Å². The third-order valence-electron chi connectivity index (χ3n) is 2.29. The molecule has 0 aliphatic carbocycles. The fourth-order valence-electron chi connectivity index (χ4n) is 1.38. The number of nitrogens with zero attached hydrogens (tertiary/aromatic N) is 3. The monoisotopic (exact) mass is 225 g/mol. The Morgan fingerprint density at radius 3 is 2.94 bits per heavy atom. The summed E-state index contributed by atoms with van der Waals surface area (Å²) in [7, 11) is 0. The maximum Gasteiger partial charge on any atom is 0.115 e. The molecule has 17 heavy (non-hydrogen) atoms. The van der Waals surface area contributed by atoms with Gasteiger partial charge in [-0.1, -0.05) is 0 Å². The molecule has 0 bridgehead atoms. The number of nitriles is 1. The standard InChI is InChI=1S/C12H11N5/c13-6-9-5-10(1-2-12(9)14)16-7-11-3-4-15-8-17-11/h1-5,8,16H,7,14H2. The molecule has 1 aromatic carbocycles. The highest BCUT2D eigenvalue weighted by molar-refractivity contribution is 5.61. The molecule has 0 saturated heterocycles. The second kappa shape index (κ2) is 4.94. The fraction of sp³-hybridized carbons (Fsp3) is 0.0833. The Hall–Kier alpha value is -2.61. The van der Waals surface area contributed by atoms with Gasteiger partial charge in [0, 0.05) is 17.6 Å². The summed E-state index contributed by atoms with van der Waals surface area (Å²) < 4.78 is 0. The average Bonchev–Trinajstić information content (AvgIpc) is 2.39. The van der Waals surface area contributed by atoms with Crippen molar-refractivity contribution >= 4 is 11.4 Å². The molecule has 2 rings (SSSR count). The molecule has 0 aliphatic heterocycles. The third kappa shape index (κ3) is 2.69. The number of nitrogen functional groups attached to an aromatic ring is 1. The van der Waals surface area contributed by atoms with Crippen molar-refractivity contribution in [3.8, 4) is 6.07 Å². The number of aromatic nitrogens is 2. The summed E-state index contributed by atoms with van der Waals surface area (Å²) in [6.07, 6.45) is 3.19. The summed E-state index contributed by atoms with van der Waals surface area (Å²) in [5.74, 6) is 0. The minimum absolute atomic E-state index is 0.470. The summed E-state index contributed by atoms with van der Waals surface area (Å²) in [6.45, 7) is 0.581. The van der Waals surface area contributed by atoms with E-state index in [4.69, 9.17) is 11.0 Å². The molecule has 0 aliphatic rings. The Bertz CT molecular complexity index is 545. The lowest BCUT2D eigenvalue weighted by molar-refractivity contribution is 1.01. The van der Waals surface area contributed by atoms with Crippen LogP contribution in [0, 0.1) is 11.3 Å². The van der Waals surface area contributed by atoms with Crippen LogP contribution in [0.5, 0.6) is 0 Å². The van der Waals surface area contributed by atoms with Crippen LogP contribution in [0.25, 0.3) is 0 Å². The SMILES string of the molecule is N#Cc1cc(NCc2ccncn2)ccc1N. The van der Waals surface area contributed by atoms with Crippen molar-refractivity contribution in [3.63, 3.8) is 0 Å². The molecule has 0 saturated carbocycles. The van der Waals surface area contributed by atoms with Crippen molar-refractivity contribution in [2.24, 2.45) is 0 Å². The summed E-state index contributed by atoms with van der Waals surface area (Å²) >= 11 is 0. The first kappa shape index (κ1) is 10.9. The first-order valence-corrected chi connectivity index (χ1v) is 5.08. The van der Waals surface area contributed by atoms with Crippen molar-refractivity contribution in [2.45, 2.75) is 6.54 Å². The van der Waals surface area contributed by atoms with E-state index in [0.717, 1.165) is 11.4 Å². The molecule has 3 N–H and O–H groups in total. The van der Waals surface area contributed by atoms with Gasteiger partial charge in [0.15, 0.2) is 0 Å². The van der Waals surface area contributed by atoms with E-state index in [-0.39, 0.29) is 0 Å². The van der Waals surface area contributed by atoms with Gasteiger partial charge in [0.2, 0.25) is 0 Å². The quantitative estimate of drug-likeness (QED) is 0.773. The van der Waals surface area contributed by atoms with Gasteiger partial charge in [-0.05, 0) is 24.3 Å². The molecule has 0 unspecified atom stereocenters. The molecule has 2 aromatic rings. The van der Waals surface area contributed by atoms with Gasteiger partial charge in [0.05, 0.1) is 17.8 Å². The predicted octanol–water partition coefficient (Wildman–Crippen LogP) is 1.54. The lowest BCUT2D eigenvalue weighted by atomic mass is 10.2. The zero-order chi connectivity index (χ0) is 12.1. The van der Waals surface area contributed by atoms with Crippen LogP contribution in [0.1, 0.15) is 11.3 Å². The third-order valence-corrected chi connectivity index (χ3v) is 2.29. The summed E-state index contributed by atoms with van der Waals surface area (Å²) in [4.78, 5) is 7.93. The molecule has 1 aromatic heterocycles. The van der Waals surface area contributed by atoms with Crippen LogP contribution in [0.4, 0.5) is 11.4 Å². The van der Waals surface area contributed by atoms with Crippen LogP contribution >= 0.6 is 0 Å². The first-order valence-electron chi connectivity index (χ1n) is 5.08. The number of rotatable bonds is 3. The van der Waals surface area contributed by atoms with Gasteiger partial charge in [-0.15, -0.1) is 0 Å². The first-order chi connectivity index (χ1) is 8.29. The highest BCUT2D eigenvalue weighted by Crippen LogP contribution is 2.17. The molecule has 5 nitrogen and oxygen atoms in total. The van der Waals surface area contributed by atoms with Gasteiger partial charge in [-0.2, -0.15) is 5.26 Å². The van der Waals surface area contributed by atoms with Gasteiger partial charge in [0.25, 0.3) is 0 Å². The molecule has 0 amide bonds. The largest absolute Gasteiger partial charge is 0.398 e. The van der Waals surface area contributed by atoms with Gasteiger partial charge < -0.3 is 11.1 Å². The van der Waals surface area contributed by atoms with E-state index in [1.54, 1.807) is 18.3 Å². The van der Waals surface area contributed by atoms with Crippen LogP contribution in [0.2, 0.25) is 0 Å². The van der Waals surface area contributed by atoms with E-state index in [1.165, 1.54) is 6.33 Å². The number of nitrogens with two attached hydrogens (primary N) is 1. The Labute approximate surface area is 98.9 Å². The minimum Gasteiger partial charge on any atom is -0.398 e. The molecule has 0 spiro atoms. The van der Waals surface area contributed by atoms with Crippen molar-refractivity contribution < 1.29 is 0 Å². The highest BCUT2D eigenvalue weighted by Gasteiger charge is 2.00. The maximum absolute atomic E-state index is 8.85. The number of anilines is 2. The second-order valence-electron chi connectivity index (χ2n) is 3.47. The van der Waals surface area contributed by atoms with E-state index < -0.39 is 0 Å². The lowest BCUT2D eigenvalue weighted by Gasteiger charge is -2.06. The van der Waals surface area contributed by atoms with Crippen molar-refractivity contribution in [1.82, 2.24) is 9.97 Å². The summed E-state index contributed by atoms with van der Waals surface area (Å²) in [5, 5.41) is 12.0. The molecule has 1 heterocycles. The van der Waals surface area contributed by atoms with Crippen molar-refractivity contribution in [1.29, 1.82) is 5.26 Å². The van der Waals surface area contributed by atoms with Crippen LogP contribution in [-0.2, 0) is 6.54 Å². The Morgan fingerprint density at radius 2 is 2.24 bits per heavy atom. The van der Waals surface area contributed by atoms with Crippen LogP contribution in [0.15, 0.2) is 36.8 Å². The average molecular weight is 225 g/mol. The van der Waals surface area contributed by atoms with Crippen LogP contribution in [-0.4, -0.2) is 9.97 Å². The highest BCUT2D eigenvalue weighted by atomic mass is 14.9. The topological polar surface area (TPSA) is 87.6 Å². The molecular formula is C12H11N5. The molecule has 84 valence electrons.